The fourth-order valence-electron chi connectivity index (χ4n) is 1.95. The van der Waals surface area contributed by atoms with Crippen LogP contribution in [0.3, 0.4) is 0 Å². The first-order valence-electron chi connectivity index (χ1n) is 4.46. The number of halogens is 2. The summed E-state index contributed by atoms with van der Waals surface area (Å²) in [6, 6.07) is -1.35. The lowest BCUT2D eigenvalue weighted by molar-refractivity contribution is 0.0811. The van der Waals surface area contributed by atoms with Crippen LogP contribution >= 0.6 is 0 Å². The lowest BCUT2D eigenvalue weighted by Crippen LogP contribution is -2.47. The smallest absolute Gasteiger partial charge is 0.253 e. The predicted octanol–water partition coefficient (Wildman–Crippen LogP) is 0.792. The molecule has 2 atom stereocenters. The third-order valence-corrected chi connectivity index (χ3v) is 5.83. The zero-order valence-electron chi connectivity index (χ0n) is 8.20. The Hall–Kier alpha value is -0.230. The minimum absolute atomic E-state index is 0.0366. The van der Waals surface area contributed by atoms with Gasteiger partial charge in [0.05, 0.1) is 16.5 Å². The van der Waals surface area contributed by atoms with E-state index in [0.717, 1.165) is 0 Å². The Kier molecular flexibility index (Phi) is 2.89. The summed E-state index contributed by atoms with van der Waals surface area (Å²) in [5.74, 6) is -0.682. The molecule has 0 aromatic carbocycles. The zero-order valence-corrected chi connectivity index (χ0v) is 9.02. The molecule has 2 unspecified atom stereocenters. The minimum atomic E-state index is -3.27. The summed E-state index contributed by atoms with van der Waals surface area (Å²) in [6.45, 7) is 2.95. The third kappa shape index (κ3) is 1.65. The van der Waals surface area contributed by atoms with E-state index >= 15 is 0 Å². The first kappa shape index (κ1) is 11.8. The maximum Gasteiger partial charge on any atom is 0.253 e. The highest BCUT2D eigenvalue weighted by atomic mass is 32.2. The molecule has 0 radical (unpaired) electrons. The highest BCUT2D eigenvalue weighted by Crippen LogP contribution is 2.39. The van der Waals surface area contributed by atoms with Gasteiger partial charge in [0.2, 0.25) is 0 Å². The number of nitrogens with two attached hydrogens (primary N) is 1. The van der Waals surface area contributed by atoms with Gasteiger partial charge in [-0.1, -0.05) is 0 Å². The molecule has 2 N–H and O–H groups in total. The van der Waals surface area contributed by atoms with Crippen LogP contribution in [0, 0.1) is 5.92 Å². The summed E-state index contributed by atoms with van der Waals surface area (Å²) in [4.78, 5) is 0. The molecule has 3 nitrogen and oxygen atoms in total. The van der Waals surface area contributed by atoms with Crippen LogP contribution in [0.5, 0.6) is 0 Å². The molecule has 0 aromatic rings. The Morgan fingerprint density at radius 2 is 1.93 bits per heavy atom. The molecule has 0 aromatic heterocycles. The average molecular weight is 227 g/mol. The van der Waals surface area contributed by atoms with Crippen molar-refractivity contribution in [3.8, 4) is 0 Å². The highest BCUT2D eigenvalue weighted by Gasteiger charge is 2.51. The van der Waals surface area contributed by atoms with Gasteiger partial charge >= 0.3 is 0 Å². The summed E-state index contributed by atoms with van der Waals surface area (Å²) in [5.41, 5.74) is 5.30. The van der Waals surface area contributed by atoms with Gasteiger partial charge in [0, 0.05) is 0 Å². The lowest BCUT2D eigenvalue weighted by atomic mass is 9.86. The van der Waals surface area contributed by atoms with Gasteiger partial charge in [-0.3, -0.25) is 0 Å². The highest BCUT2D eigenvalue weighted by molar-refractivity contribution is 7.93. The number of rotatable bonds is 2. The fraction of sp³-hybridized carbons (Fsp3) is 1.00. The van der Waals surface area contributed by atoms with Crippen molar-refractivity contribution < 1.29 is 17.2 Å². The molecular formula is C8H15F2NO2S. The summed E-state index contributed by atoms with van der Waals surface area (Å²) in [6.07, 6.45) is -2.42. The van der Waals surface area contributed by atoms with E-state index in [2.05, 4.69) is 0 Å². The van der Waals surface area contributed by atoms with Crippen LogP contribution in [0.15, 0.2) is 0 Å². The maximum atomic E-state index is 12.4. The van der Waals surface area contributed by atoms with Crippen molar-refractivity contribution in [1.29, 1.82) is 0 Å². The Labute approximate surface area is 82.6 Å². The van der Waals surface area contributed by atoms with Crippen molar-refractivity contribution in [3.63, 3.8) is 0 Å². The second kappa shape index (κ2) is 3.41. The van der Waals surface area contributed by atoms with Crippen LogP contribution in [0.25, 0.3) is 0 Å². The zero-order chi connectivity index (χ0) is 11.1. The number of hydrogen-bond donors (Lipinski definition) is 1. The number of alkyl halides is 2. The van der Waals surface area contributed by atoms with Crippen LogP contribution in [0.2, 0.25) is 0 Å². The van der Waals surface area contributed by atoms with Gasteiger partial charge in [0.1, 0.15) is 0 Å². The molecule has 1 aliphatic heterocycles. The van der Waals surface area contributed by atoms with Crippen molar-refractivity contribution >= 4 is 9.84 Å². The molecule has 1 saturated heterocycles. The molecule has 0 amide bonds. The fourth-order valence-corrected chi connectivity index (χ4v) is 3.78. The van der Waals surface area contributed by atoms with Gasteiger partial charge in [-0.2, -0.15) is 0 Å². The second-order valence-electron chi connectivity index (χ2n) is 4.23. The summed E-state index contributed by atoms with van der Waals surface area (Å²) < 4.78 is 46.6. The van der Waals surface area contributed by atoms with Gasteiger partial charge in [-0.15, -0.1) is 0 Å². The van der Waals surface area contributed by atoms with Crippen molar-refractivity contribution in [3.05, 3.63) is 0 Å². The van der Waals surface area contributed by atoms with E-state index in [1.165, 1.54) is 13.8 Å². The normalized spacial score (nSPS) is 32.0. The monoisotopic (exact) mass is 227 g/mol. The SMILES string of the molecule is CC1(C)C(C(N)C(F)F)CCS1(=O)=O. The van der Waals surface area contributed by atoms with Crippen LogP contribution in [0.4, 0.5) is 8.78 Å². The predicted molar refractivity (Wildman–Crippen MR) is 50.0 cm³/mol. The Morgan fingerprint density at radius 3 is 2.21 bits per heavy atom. The molecule has 1 rings (SSSR count). The molecule has 1 heterocycles. The van der Waals surface area contributed by atoms with E-state index < -0.39 is 33.0 Å². The topological polar surface area (TPSA) is 60.2 Å². The standard InChI is InChI=1S/C8H15F2NO2S/c1-8(2)5(6(11)7(9)10)3-4-14(8,12)13/h5-7H,3-4,11H2,1-2H3. The van der Waals surface area contributed by atoms with E-state index in [1.54, 1.807) is 0 Å². The largest absolute Gasteiger partial charge is 0.323 e. The van der Waals surface area contributed by atoms with Gasteiger partial charge in [-0.05, 0) is 26.2 Å². The summed E-state index contributed by atoms with van der Waals surface area (Å²) in [5, 5.41) is 0. The minimum Gasteiger partial charge on any atom is -0.323 e. The van der Waals surface area contributed by atoms with E-state index in [1.807, 2.05) is 0 Å². The van der Waals surface area contributed by atoms with Crippen molar-refractivity contribution in [1.82, 2.24) is 0 Å². The molecule has 1 fully saturated rings. The molecule has 14 heavy (non-hydrogen) atoms. The Balaban J connectivity index is 2.96. The lowest BCUT2D eigenvalue weighted by Gasteiger charge is -2.29. The number of sulfone groups is 1. The molecule has 6 heteroatoms. The Bertz CT molecular complexity index is 313. The van der Waals surface area contributed by atoms with Gasteiger partial charge < -0.3 is 5.73 Å². The van der Waals surface area contributed by atoms with Gasteiger partial charge in [0.15, 0.2) is 9.84 Å². The van der Waals surface area contributed by atoms with E-state index in [4.69, 9.17) is 5.73 Å². The summed E-state index contributed by atoms with van der Waals surface area (Å²) in [7, 11) is -3.27. The molecule has 1 aliphatic rings. The first-order chi connectivity index (χ1) is 6.20. The van der Waals surface area contributed by atoms with Crippen molar-refractivity contribution in [2.75, 3.05) is 5.75 Å². The molecule has 0 bridgehead atoms. The average Bonchev–Trinajstić information content (AvgIpc) is 2.21. The van der Waals surface area contributed by atoms with Gasteiger partial charge in [-0.25, -0.2) is 17.2 Å². The molecule has 84 valence electrons. The number of hydrogen-bond acceptors (Lipinski definition) is 3. The molecular weight excluding hydrogens is 212 g/mol. The maximum absolute atomic E-state index is 12.4. The van der Waals surface area contributed by atoms with E-state index in [-0.39, 0.29) is 12.2 Å². The molecule has 0 spiro atoms. The van der Waals surface area contributed by atoms with Crippen molar-refractivity contribution in [2.24, 2.45) is 11.7 Å². The third-order valence-electron chi connectivity index (χ3n) is 3.15. The van der Waals surface area contributed by atoms with Gasteiger partial charge in [0.25, 0.3) is 6.43 Å². The first-order valence-corrected chi connectivity index (χ1v) is 6.11. The molecule has 0 aliphatic carbocycles. The van der Waals surface area contributed by atoms with E-state index in [9.17, 15) is 17.2 Å². The second-order valence-corrected chi connectivity index (χ2v) is 6.92. The van der Waals surface area contributed by atoms with E-state index in [0.29, 0.717) is 0 Å². The summed E-state index contributed by atoms with van der Waals surface area (Å²) >= 11 is 0. The van der Waals surface area contributed by atoms with Crippen LogP contribution < -0.4 is 5.73 Å². The van der Waals surface area contributed by atoms with Crippen LogP contribution in [0.1, 0.15) is 20.3 Å². The molecule has 0 saturated carbocycles. The van der Waals surface area contributed by atoms with Crippen LogP contribution in [-0.2, 0) is 9.84 Å². The van der Waals surface area contributed by atoms with Crippen LogP contribution in [-0.4, -0.2) is 31.4 Å². The van der Waals surface area contributed by atoms with Crippen molar-refractivity contribution in [2.45, 2.75) is 37.5 Å². The quantitative estimate of drug-likeness (QED) is 0.758. The Morgan fingerprint density at radius 1 is 1.43 bits per heavy atom.